The highest BCUT2D eigenvalue weighted by molar-refractivity contribution is 5.78. The first-order valence-electron chi connectivity index (χ1n) is 7.57. The fourth-order valence-corrected chi connectivity index (χ4v) is 2.97. The van der Waals surface area contributed by atoms with Gasteiger partial charge in [0.1, 0.15) is 5.75 Å². The zero-order chi connectivity index (χ0) is 14.7. The predicted octanol–water partition coefficient (Wildman–Crippen LogP) is 1.35. The molecule has 1 N–H and O–H groups in total. The Morgan fingerprint density at radius 3 is 3.10 bits per heavy atom. The number of morpholine rings is 1. The molecular formula is C16H22N2O3. The Morgan fingerprint density at radius 1 is 1.38 bits per heavy atom. The Kier molecular flexibility index (Phi) is 4.41. The smallest absolute Gasteiger partial charge is 0.234 e. The first kappa shape index (κ1) is 14.4. The van der Waals surface area contributed by atoms with Crippen molar-refractivity contribution in [3.05, 3.63) is 29.8 Å². The Morgan fingerprint density at radius 2 is 2.24 bits per heavy atom. The molecule has 1 saturated heterocycles. The van der Waals surface area contributed by atoms with Crippen molar-refractivity contribution in [2.75, 3.05) is 32.8 Å². The highest BCUT2D eigenvalue weighted by Gasteiger charge is 2.24. The van der Waals surface area contributed by atoms with Gasteiger partial charge in [-0.05, 0) is 13.0 Å². The second kappa shape index (κ2) is 6.45. The highest BCUT2D eigenvalue weighted by atomic mass is 16.5. The molecule has 1 aromatic rings. The fourth-order valence-electron chi connectivity index (χ4n) is 2.97. The molecule has 0 saturated carbocycles. The van der Waals surface area contributed by atoms with Crippen LogP contribution in [0.3, 0.4) is 0 Å². The van der Waals surface area contributed by atoms with Crippen LogP contribution in [0.2, 0.25) is 0 Å². The Hall–Kier alpha value is -1.59. The van der Waals surface area contributed by atoms with Crippen molar-refractivity contribution in [1.82, 2.24) is 10.2 Å². The van der Waals surface area contributed by atoms with Gasteiger partial charge < -0.3 is 14.8 Å². The monoisotopic (exact) mass is 290 g/mol. The van der Waals surface area contributed by atoms with Gasteiger partial charge in [0.15, 0.2) is 0 Å². The molecule has 2 atom stereocenters. The van der Waals surface area contributed by atoms with Gasteiger partial charge in [0.05, 0.1) is 31.9 Å². The molecular weight excluding hydrogens is 268 g/mol. The van der Waals surface area contributed by atoms with E-state index in [1.54, 1.807) is 0 Å². The molecule has 0 radical (unpaired) electrons. The van der Waals surface area contributed by atoms with Crippen molar-refractivity contribution in [2.45, 2.75) is 25.5 Å². The third kappa shape index (κ3) is 3.54. The van der Waals surface area contributed by atoms with E-state index in [0.717, 1.165) is 30.8 Å². The molecule has 1 amide bonds. The number of carbonyl (C=O) groups excluding carboxylic acids is 1. The predicted molar refractivity (Wildman–Crippen MR) is 79.3 cm³/mol. The van der Waals surface area contributed by atoms with Gasteiger partial charge in [-0.1, -0.05) is 18.2 Å². The molecule has 0 aromatic heterocycles. The summed E-state index contributed by atoms with van der Waals surface area (Å²) in [6, 6.07) is 7.98. The van der Waals surface area contributed by atoms with E-state index in [1.807, 2.05) is 31.2 Å². The third-order valence-electron chi connectivity index (χ3n) is 3.99. The van der Waals surface area contributed by atoms with Gasteiger partial charge in [0, 0.05) is 25.1 Å². The van der Waals surface area contributed by atoms with Crippen molar-refractivity contribution in [2.24, 2.45) is 0 Å². The zero-order valence-corrected chi connectivity index (χ0v) is 12.4. The van der Waals surface area contributed by atoms with Gasteiger partial charge in [-0.15, -0.1) is 0 Å². The topological polar surface area (TPSA) is 50.8 Å². The van der Waals surface area contributed by atoms with Crippen molar-refractivity contribution in [3.8, 4) is 5.75 Å². The molecule has 0 aliphatic carbocycles. The van der Waals surface area contributed by atoms with Crippen molar-refractivity contribution in [1.29, 1.82) is 0 Å². The van der Waals surface area contributed by atoms with Crippen molar-refractivity contribution >= 4 is 5.91 Å². The largest absolute Gasteiger partial charge is 0.493 e. The maximum absolute atomic E-state index is 12.3. The van der Waals surface area contributed by atoms with E-state index >= 15 is 0 Å². The van der Waals surface area contributed by atoms with Crippen molar-refractivity contribution < 1.29 is 14.3 Å². The van der Waals surface area contributed by atoms with E-state index in [2.05, 4.69) is 10.2 Å². The molecule has 2 heterocycles. The van der Waals surface area contributed by atoms with Crippen LogP contribution < -0.4 is 10.1 Å². The summed E-state index contributed by atoms with van der Waals surface area (Å²) in [6.07, 6.45) is 1.03. The minimum atomic E-state index is 0.0564. The molecule has 0 spiro atoms. The summed E-state index contributed by atoms with van der Waals surface area (Å²) in [7, 11) is 0. The number of hydrogen-bond donors (Lipinski definition) is 1. The van der Waals surface area contributed by atoms with Gasteiger partial charge >= 0.3 is 0 Å². The number of fused-ring (bicyclic) bond motifs is 1. The summed E-state index contributed by atoms with van der Waals surface area (Å²) in [5, 5.41) is 3.14. The number of hydrogen-bond acceptors (Lipinski definition) is 4. The van der Waals surface area contributed by atoms with Gasteiger partial charge in [-0.2, -0.15) is 0 Å². The lowest BCUT2D eigenvalue weighted by Gasteiger charge is -2.32. The number of rotatable bonds is 3. The number of nitrogens with zero attached hydrogens (tertiary/aromatic N) is 1. The maximum atomic E-state index is 12.3. The maximum Gasteiger partial charge on any atom is 0.234 e. The number of ether oxygens (including phenoxy) is 2. The van der Waals surface area contributed by atoms with Gasteiger partial charge in [-0.3, -0.25) is 9.69 Å². The molecule has 3 rings (SSSR count). The minimum absolute atomic E-state index is 0.0564. The Bertz CT molecular complexity index is 506. The number of amides is 1. The first-order chi connectivity index (χ1) is 10.2. The van der Waals surface area contributed by atoms with Crippen LogP contribution in [0.15, 0.2) is 24.3 Å². The lowest BCUT2D eigenvalue weighted by molar-refractivity contribution is -0.125. The van der Waals surface area contributed by atoms with Crippen LogP contribution in [-0.4, -0.2) is 49.8 Å². The highest BCUT2D eigenvalue weighted by Crippen LogP contribution is 2.31. The van der Waals surface area contributed by atoms with E-state index in [9.17, 15) is 4.79 Å². The third-order valence-corrected chi connectivity index (χ3v) is 3.99. The van der Waals surface area contributed by atoms with E-state index in [-0.39, 0.29) is 18.1 Å². The molecule has 1 fully saturated rings. The number of para-hydroxylation sites is 1. The summed E-state index contributed by atoms with van der Waals surface area (Å²) in [5.41, 5.74) is 1.08. The van der Waals surface area contributed by atoms with E-state index in [0.29, 0.717) is 19.8 Å². The van der Waals surface area contributed by atoms with Crippen LogP contribution in [0, 0.1) is 0 Å². The summed E-state index contributed by atoms with van der Waals surface area (Å²) in [5.74, 6) is 0.958. The molecule has 114 valence electrons. The zero-order valence-electron chi connectivity index (χ0n) is 12.4. The molecule has 1 aromatic carbocycles. The normalized spacial score (nSPS) is 25.8. The van der Waals surface area contributed by atoms with E-state index in [1.165, 1.54) is 0 Å². The van der Waals surface area contributed by atoms with Crippen LogP contribution in [0.5, 0.6) is 5.75 Å². The minimum Gasteiger partial charge on any atom is -0.493 e. The second-order valence-corrected chi connectivity index (χ2v) is 5.71. The molecule has 21 heavy (non-hydrogen) atoms. The van der Waals surface area contributed by atoms with Gasteiger partial charge in [0.25, 0.3) is 0 Å². The van der Waals surface area contributed by atoms with Crippen LogP contribution in [0.1, 0.15) is 24.9 Å². The number of nitrogens with one attached hydrogen (secondary N) is 1. The standard InChI is InChI=1S/C16H22N2O3/c1-12-10-18(7-9-20-12)11-16(19)17-14-6-8-21-15-5-3-2-4-13(14)15/h2-5,12,14H,6-11H2,1H3,(H,17,19). The first-order valence-corrected chi connectivity index (χ1v) is 7.57. The lowest BCUT2D eigenvalue weighted by atomic mass is 10.0. The second-order valence-electron chi connectivity index (χ2n) is 5.71. The summed E-state index contributed by atoms with van der Waals surface area (Å²) in [4.78, 5) is 14.4. The van der Waals surface area contributed by atoms with Gasteiger partial charge in [0.2, 0.25) is 5.91 Å². The Labute approximate surface area is 125 Å². The van der Waals surface area contributed by atoms with Crippen LogP contribution >= 0.6 is 0 Å². The number of carbonyl (C=O) groups is 1. The quantitative estimate of drug-likeness (QED) is 0.913. The summed E-state index contributed by atoms with van der Waals surface area (Å²) in [6.45, 7) is 5.47. The van der Waals surface area contributed by atoms with E-state index in [4.69, 9.17) is 9.47 Å². The molecule has 0 bridgehead atoms. The van der Waals surface area contributed by atoms with Crippen LogP contribution in [-0.2, 0) is 9.53 Å². The Balaban J connectivity index is 1.58. The lowest BCUT2D eigenvalue weighted by Crippen LogP contribution is -2.46. The SMILES string of the molecule is CC1CN(CC(=O)NC2CCOc3ccccc32)CCO1. The fraction of sp³-hybridized carbons (Fsp3) is 0.562. The average Bonchev–Trinajstić information content (AvgIpc) is 2.47. The van der Waals surface area contributed by atoms with Crippen LogP contribution in [0.4, 0.5) is 0 Å². The molecule has 2 aliphatic heterocycles. The summed E-state index contributed by atoms with van der Waals surface area (Å²) < 4.78 is 11.1. The van der Waals surface area contributed by atoms with Gasteiger partial charge in [-0.25, -0.2) is 0 Å². The summed E-state index contributed by atoms with van der Waals surface area (Å²) >= 11 is 0. The molecule has 5 nitrogen and oxygen atoms in total. The number of benzene rings is 1. The molecule has 2 unspecified atom stereocenters. The van der Waals surface area contributed by atoms with Crippen molar-refractivity contribution in [3.63, 3.8) is 0 Å². The average molecular weight is 290 g/mol. The molecule has 5 heteroatoms. The van der Waals surface area contributed by atoms with E-state index < -0.39 is 0 Å². The van der Waals surface area contributed by atoms with Crippen LogP contribution in [0.25, 0.3) is 0 Å². The molecule has 2 aliphatic rings.